The fraction of sp³-hybridized carbons (Fsp3) is 0.111. The average molecular weight is 380 g/mol. The lowest BCUT2D eigenvalue weighted by Crippen LogP contribution is -2.10. The minimum Gasteiger partial charge on any atom is -0.465 e. The topological polar surface area (TPSA) is 29.5 Å². The molecular weight excluding hydrogens is 356 g/mol. The van der Waals surface area contributed by atoms with Crippen LogP contribution in [-0.4, -0.2) is 11.4 Å². The quantitative estimate of drug-likeness (QED) is 0.371. The molecule has 0 radical (unpaired) electrons. The van der Waals surface area contributed by atoms with Crippen LogP contribution >= 0.6 is 0 Å². The molecule has 1 atom stereocenters. The van der Waals surface area contributed by atoms with Gasteiger partial charge in [0.05, 0.1) is 0 Å². The summed E-state index contributed by atoms with van der Waals surface area (Å²) in [6.45, 7) is 1.60. The molecule has 0 bridgehead atoms. The Balaban J connectivity index is 0.000000144. The van der Waals surface area contributed by atoms with Crippen LogP contribution in [0.25, 0.3) is 22.3 Å². The first-order valence-electron chi connectivity index (χ1n) is 9.88. The number of benzene rings is 4. The van der Waals surface area contributed by atoms with E-state index in [0.29, 0.717) is 5.75 Å². The highest BCUT2D eigenvalue weighted by Crippen LogP contribution is 2.35. The van der Waals surface area contributed by atoms with E-state index >= 15 is 0 Å². The molecule has 0 aliphatic heterocycles. The van der Waals surface area contributed by atoms with Gasteiger partial charge in [0, 0.05) is 5.56 Å². The van der Waals surface area contributed by atoms with Gasteiger partial charge in [0.25, 0.3) is 0 Å². The third kappa shape index (κ3) is 4.39. The SMILES string of the molecule is CC(O)Oc1ccccc1-c1ccccc1.c1ccc2c(c1)Cc1ccccc1-2. The smallest absolute Gasteiger partial charge is 0.194 e. The second-order valence-electron chi connectivity index (χ2n) is 7.07. The summed E-state index contributed by atoms with van der Waals surface area (Å²) in [4.78, 5) is 0. The Morgan fingerprint density at radius 1 is 0.621 bits per heavy atom. The normalized spacial score (nSPS) is 12.2. The fourth-order valence-corrected chi connectivity index (χ4v) is 3.69. The first-order valence-corrected chi connectivity index (χ1v) is 9.88. The van der Waals surface area contributed by atoms with Crippen LogP contribution in [0.3, 0.4) is 0 Å². The van der Waals surface area contributed by atoms with Gasteiger partial charge < -0.3 is 9.84 Å². The van der Waals surface area contributed by atoms with Gasteiger partial charge in [-0.25, -0.2) is 0 Å². The molecule has 1 aliphatic rings. The number of fused-ring (bicyclic) bond motifs is 3. The number of hydrogen-bond donors (Lipinski definition) is 1. The second kappa shape index (κ2) is 8.76. The van der Waals surface area contributed by atoms with Gasteiger partial charge in [-0.3, -0.25) is 0 Å². The molecule has 0 heterocycles. The van der Waals surface area contributed by atoms with E-state index in [9.17, 15) is 5.11 Å². The molecule has 1 aliphatic carbocycles. The highest BCUT2D eigenvalue weighted by atomic mass is 16.6. The van der Waals surface area contributed by atoms with E-state index in [4.69, 9.17) is 4.74 Å². The lowest BCUT2D eigenvalue weighted by Gasteiger charge is -2.13. The molecule has 1 unspecified atom stereocenters. The van der Waals surface area contributed by atoms with Crippen molar-refractivity contribution >= 4 is 0 Å². The van der Waals surface area contributed by atoms with E-state index < -0.39 is 6.29 Å². The van der Waals surface area contributed by atoms with E-state index in [-0.39, 0.29) is 0 Å². The molecule has 2 nitrogen and oxygen atoms in total. The average Bonchev–Trinajstić information content (AvgIpc) is 3.14. The summed E-state index contributed by atoms with van der Waals surface area (Å²) in [7, 11) is 0. The Hall–Kier alpha value is -3.36. The number of para-hydroxylation sites is 1. The Morgan fingerprint density at radius 2 is 1.10 bits per heavy atom. The molecule has 4 aromatic carbocycles. The Labute approximate surface area is 172 Å². The third-order valence-electron chi connectivity index (χ3n) is 4.98. The maximum atomic E-state index is 9.25. The van der Waals surface area contributed by atoms with Crippen LogP contribution in [0, 0.1) is 0 Å². The molecule has 1 N–H and O–H groups in total. The monoisotopic (exact) mass is 380 g/mol. The van der Waals surface area contributed by atoms with Gasteiger partial charge in [-0.05, 0) is 47.2 Å². The van der Waals surface area contributed by atoms with Gasteiger partial charge in [-0.2, -0.15) is 0 Å². The fourth-order valence-electron chi connectivity index (χ4n) is 3.69. The van der Waals surface area contributed by atoms with Crippen molar-refractivity contribution in [2.45, 2.75) is 19.6 Å². The minimum absolute atomic E-state index is 0.698. The van der Waals surface area contributed by atoms with Gasteiger partial charge in [0.15, 0.2) is 6.29 Å². The molecule has 4 aromatic rings. The van der Waals surface area contributed by atoms with E-state index in [2.05, 4.69) is 48.5 Å². The maximum absolute atomic E-state index is 9.25. The van der Waals surface area contributed by atoms with E-state index in [1.165, 1.54) is 22.3 Å². The van der Waals surface area contributed by atoms with Crippen LogP contribution in [0.15, 0.2) is 103 Å². The number of rotatable bonds is 3. The Bertz CT molecular complexity index is 1040. The van der Waals surface area contributed by atoms with E-state index in [0.717, 1.165) is 17.5 Å². The highest BCUT2D eigenvalue weighted by Gasteiger charge is 2.15. The summed E-state index contributed by atoms with van der Waals surface area (Å²) >= 11 is 0. The van der Waals surface area contributed by atoms with Crippen molar-refractivity contribution in [3.05, 3.63) is 114 Å². The third-order valence-corrected chi connectivity index (χ3v) is 4.98. The zero-order valence-corrected chi connectivity index (χ0v) is 16.5. The van der Waals surface area contributed by atoms with Crippen molar-refractivity contribution in [1.29, 1.82) is 0 Å². The van der Waals surface area contributed by atoms with Crippen molar-refractivity contribution in [3.8, 4) is 28.0 Å². The number of aliphatic hydroxyl groups is 1. The van der Waals surface area contributed by atoms with Gasteiger partial charge in [-0.1, -0.05) is 97.1 Å². The zero-order valence-electron chi connectivity index (χ0n) is 16.5. The largest absolute Gasteiger partial charge is 0.465 e. The summed E-state index contributed by atoms with van der Waals surface area (Å²) < 4.78 is 5.36. The standard InChI is InChI=1S/C14H14O2.C13H10/c1-11(15)16-14-10-6-5-9-13(14)12-7-3-2-4-8-12;1-3-7-12-10(5-1)9-11-6-2-4-8-13(11)12/h2-11,15H,1H3;1-8H,9H2. The maximum Gasteiger partial charge on any atom is 0.194 e. The number of hydrogen-bond acceptors (Lipinski definition) is 2. The molecule has 29 heavy (non-hydrogen) atoms. The van der Waals surface area contributed by atoms with Crippen molar-refractivity contribution in [2.24, 2.45) is 0 Å². The van der Waals surface area contributed by atoms with Crippen molar-refractivity contribution in [2.75, 3.05) is 0 Å². The minimum atomic E-state index is -0.801. The van der Waals surface area contributed by atoms with E-state index in [1.807, 2.05) is 54.6 Å². The van der Waals surface area contributed by atoms with Crippen LogP contribution in [-0.2, 0) is 6.42 Å². The first kappa shape index (κ1) is 19.0. The number of aliphatic hydroxyl groups excluding tert-OH is 1. The Morgan fingerprint density at radius 3 is 1.69 bits per heavy atom. The lowest BCUT2D eigenvalue weighted by atomic mass is 10.1. The van der Waals surface area contributed by atoms with Crippen LogP contribution in [0.1, 0.15) is 18.1 Å². The van der Waals surface area contributed by atoms with Gasteiger partial charge in [0.1, 0.15) is 5.75 Å². The van der Waals surface area contributed by atoms with Crippen molar-refractivity contribution in [1.82, 2.24) is 0 Å². The lowest BCUT2D eigenvalue weighted by molar-refractivity contribution is 0.000143. The highest BCUT2D eigenvalue weighted by molar-refractivity contribution is 5.76. The Kier molecular flexibility index (Phi) is 5.73. The summed E-state index contributed by atoms with van der Waals surface area (Å²) in [5.41, 5.74) is 7.83. The summed E-state index contributed by atoms with van der Waals surface area (Å²) in [6, 6.07) is 35.0. The van der Waals surface area contributed by atoms with Crippen LogP contribution in [0.2, 0.25) is 0 Å². The molecule has 5 rings (SSSR count). The zero-order chi connectivity index (χ0) is 20.1. The molecule has 0 saturated carbocycles. The van der Waals surface area contributed by atoms with Crippen LogP contribution < -0.4 is 4.74 Å². The molecular formula is C27H24O2. The van der Waals surface area contributed by atoms with Crippen LogP contribution in [0.5, 0.6) is 5.75 Å². The molecule has 0 fully saturated rings. The first-order chi connectivity index (χ1) is 14.2. The predicted octanol–water partition coefficient (Wildman–Crippen LogP) is 6.33. The predicted molar refractivity (Wildman–Crippen MR) is 119 cm³/mol. The molecule has 2 heteroatoms. The van der Waals surface area contributed by atoms with Crippen LogP contribution in [0.4, 0.5) is 0 Å². The number of ether oxygens (including phenoxy) is 1. The molecule has 0 amide bonds. The second-order valence-corrected chi connectivity index (χ2v) is 7.07. The summed E-state index contributed by atoms with van der Waals surface area (Å²) in [6.07, 6.45) is 0.302. The van der Waals surface area contributed by atoms with Gasteiger partial charge in [0.2, 0.25) is 0 Å². The van der Waals surface area contributed by atoms with Crippen molar-refractivity contribution < 1.29 is 9.84 Å². The summed E-state index contributed by atoms with van der Waals surface area (Å²) in [5.74, 6) is 0.698. The molecule has 0 saturated heterocycles. The molecule has 0 aromatic heterocycles. The van der Waals surface area contributed by atoms with E-state index in [1.54, 1.807) is 6.92 Å². The molecule has 144 valence electrons. The van der Waals surface area contributed by atoms with Gasteiger partial charge >= 0.3 is 0 Å². The van der Waals surface area contributed by atoms with Crippen molar-refractivity contribution in [3.63, 3.8) is 0 Å². The molecule has 0 spiro atoms. The van der Waals surface area contributed by atoms with Gasteiger partial charge in [-0.15, -0.1) is 0 Å². The summed E-state index contributed by atoms with van der Waals surface area (Å²) in [5, 5.41) is 9.25.